The van der Waals surface area contributed by atoms with E-state index >= 15 is 0 Å². The number of hydrogen-bond acceptors (Lipinski definition) is 4. The molecule has 1 unspecified atom stereocenters. The van der Waals surface area contributed by atoms with Crippen LogP contribution in [0.3, 0.4) is 0 Å². The predicted octanol–water partition coefficient (Wildman–Crippen LogP) is 4.78. The van der Waals surface area contributed by atoms with Crippen LogP contribution in [0.15, 0.2) is 84.9 Å². The molecule has 2 fully saturated rings. The lowest BCUT2D eigenvalue weighted by Gasteiger charge is -2.34. The summed E-state index contributed by atoms with van der Waals surface area (Å²) in [4.78, 5) is 27.1. The molecule has 2 aliphatic rings. The van der Waals surface area contributed by atoms with Crippen molar-refractivity contribution < 1.29 is 24.2 Å². The minimum atomic E-state index is -1.00. The van der Waals surface area contributed by atoms with Gasteiger partial charge in [-0.05, 0) is 49.1 Å². The van der Waals surface area contributed by atoms with Crippen molar-refractivity contribution in [3.05, 3.63) is 107 Å². The molecule has 7 nitrogen and oxygen atoms in total. The minimum absolute atomic E-state index is 0.184. The Morgan fingerprint density at radius 2 is 1.56 bits per heavy atom. The number of aromatic carboxylic acids is 1. The van der Waals surface area contributed by atoms with Crippen molar-refractivity contribution >= 4 is 12.0 Å². The van der Waals surface area contributed by atoms with Crippen molar-refractivity contribution in [2.45, 2.75) is 56.9 Å². The number of carboxylic acid groups (broad SMARTS) is 1. The van der Waals surface area contributed by atoms with Gasteiger partial charge >= 0.3 is 12.0 Å². The molecule has 0 saturated carbocycles. The summed E-state index contributed by atoms with van der Waals surface area (Å²) in [5.74, 6) is -1.83. The maximum absolute atomic E-state index is 13.8. The number of rotatable bonds is 6. The van der Waals surface area contributed by atoms with Gasteiger partial charge in [-0.25, -0.2) is 9.59 Å². The summed E-state index contributed by atoms with van der Waals surface area (Å²) in [5, 5.41) is 12.7. The summed E-state index contributed by atoms with van der Waals surface area (Å²) in [6.45, 7) is 4.02. The Morgan fingerprint density at radius 1 is 0.917 bits per heavy atom. The lowest BCUT2D eigenvalue weighted by molar-refractivity contribution is -0.154. The van der Waals surface area contributed by atoms with E-state index in [0.717, 1.165) is 16.7 Å². The van der Waals surface area contributed by atoms with Gasteiger partial charge in [0.05, 0.1) is 17.6 Å². The summed E-state index contributed by atoms with van der Waals surface area (Å²) >= 11 is 0. The molecule has 0 aliphatic carbocycles. The second-order valence-electron chi connectivity index (χ2n) is 9.79. The number of amides is 2. The highest BCUT2D eigenvalue weighted by Crippen LogP contribution is 2.41. The molecule has 0 bridgehead atoms. The molecule has 7 heteroatoms. The first-order valence-electron chi connectivity index (χ1n) is 12.1. The molecule has 186 valence electrons. The Kier molecular flexibility index (Phi) is 6.51. The van der Waals surface area contributed by atoms with Gasteiger partial charge in [0.25, 0.3) is 0 Å². The summed E-state index contributed by atoms with van der Waals surface area (Å²) < 4.78 is 12.9. The summed E-state index contributed by atoms with van der Waals surface area (Å²) in [6, 6.07) is 25.5. The topological polar surface area (TPSA) is 88.1 Å². The standard InChI is InChI=1S/C29H30N2O5/c1-29(2)35-25-23(17-19-10-5-3-6-11-19)31(18-20-12-9-15-22(16-20)27(32)33)28(34)30-24(26(25)36-29)21-13-7-4-8-14-21/h3-16,23-26H,17-18H2,1-2H3,(H,30,34)(H,32,33)/t23-,24?,25+,26+/m1/s1. The largest absolute Gasteiger partial charge is 0.478 e. The van der Waals surface area contributed by atoms with E-state index in [0.29, 0.717) is 6.42 Å². The van der Waals surface area contributed by atoms with E-state index in [1.165, 1.54) is 0 Å². The zero-order valence-corrected chi connectivity index (χ0v) is 20.3. The average Bonchev–Trinajstić information content (AvgIpc) is 3.16. The van der Waals surface area contributed by atoms with Crippen LogP contribution in [-0.4, -0.2) is 46.0 Å². The van der Waals surface area contributed by atoms with Crippen LogP contribution in [0.1, 0.15) is 46.9 Å². The molecule has 36 heavy (non-hydrogen) atoms. The van der Waals surface area contributed by atoms with Crippen molar-refractivity contribution in [2.24, 2.45) is 0 Å². The lowest BCUT2D eigenvalue weighted by Crippen LogP contribution is -2.50. The number of benzene rings is 3. The first-order valence-corrected chi connectivity index (χ1v) is 12.1. The SMILES string of the molecule is CC1(C)O[C@H]2[C@@H](Cc3ccccc3)N(Cc3cccc(C(=O)O)c3)C(=O)NC(c3ccccc3)[C@@H]2O1. The van der Waals surface area contributed by atoms with Crippen LogP contribution in [0, 0.1) is 0 Å². The zero-order valence-electron chi connectivity index (χ0n) is 20.3. The molecule has 2 heterocycles. The van der Waals surface area contributed by atoms with E-state index in [2.05, 4.69) is 5.32 Å². The predicted molar refractivity (Wildman–Crippen MR) is 134 cm³/mol. The molecule has 3 aromatic carbocycles. The fourth-order valence-electron chi connectivity index (χ4n) is 5.20. The van der Waals surface area contributed by atoms with Crippen molar-refractivity contribution in [1.82, 2.24) is 10.2 Å². The van der Waals surface area contributed by atoms with E-state index in [9.17, 15) is 14.7 Å². The maximum atomic E-state index is 13.8. The third-order valence-electron chi connectivity index (χ3n) is 6.78. The monoisotopic (exact) mass is 486 g/mol. The van der Waals surface area contributed by atoms with Crippen LogP contribution >= 0.6 is 0 Å². The van der Waals surface area contributed by atoms with Gasteiger partial charge in [0.1, 0.15) is 12.2 Å². The highest BCUT2D eigenvalue weighted by Gasteiger charge is 2.53. The van der Waals surface area contributed by atoms with Crippen LogP contribution in [0.5, 0.6) is 0 Å². The number of carbonyl (C=O) groups excluding carboxylic acids is 1. The molecule has 0 radical (unpaired) electrons. The highest BCUT2D eigenvalue weighted by molar-refractivity contribution is 5.87. The van der Waals surface area contributed by atoms with Crippen LogP contribution < -0.4 is 5.32 Å². The Balaban J connectivity index is 1.57. The quantitative estimate of drug-likeness (QED) is 0.523. The maximum Gasteiger partial charge on any atom is 0.335 e. The first kappa shape index (κ1) is 24.0. The van der Waals surface area contributed by atoms with E-state index in [-0.39, 0.29) is 24.2 Å². The van der Waals surface area contributed by atoms with Gasteiger partial charge < -0.3 is 24.8 Å². The zero-order chi connectivity index (χ0) is 25.3. The third kappa shape index (κ3) is 4.98. The molecule has 2 saturated heterocycles. The minimum Gasteiger partial charge on any atom is -0.478 e. The normalized spacial score (nSPS) is 25.1. The van der Waals surface area contributed by atoms with Crippen LogP contribution in [0.25, 0.3) is 0 Å². The second kappa shape index (κ2) is 9.76. The highest BCUT2D eigenvalue weighted by atomic mass is 16.8. The van der Waals surface area contributed by atoms with E-state index < -0.39 is 30.0 Å². The fourth-order valence-corrected chi connectivity index (χ4v) is 5.20. The molecule has 0 aromatic heterocycles. The van der Waals surface area contributed by atoms with E-state index in [4.69, 9.17) is 9.47 Å². The van der Waals surface area contributed by atoms with Gasteiger partial charge in [-0.3, -0.25) is 0 Å². The van der Waals surface area contributed by atoms with Gasteiger partial charge in [-0.15, -0.1) is 0 Å². The molecule has 0 spiro atoms. The first-order chi connectivity index (χ1) is 17.3. The van der Waals surface area contributed by atoms with Crippen molar-refractivity contribution in [3.8, 4) is 0 Å². The second-order valence-corrected chi connectivity index (χ2v) is 9.79. The molecule has 5 rings (SSSR count). The number of carboxylic acids is 1. The average molecular weight is 487 g/mol. The number of fused-ring (bicyclic) bond motifs is 1. The third-order valence-corrected chi connectivity index (χ3v) is 6.78. The van der Waals surface area contributed by atoms with Gasteiger partial charge in [0.2, 0.25) is 0 Å². The smallest absolute Gasteiger partial charge is 0.335 e. The van der Waals surface area contributed by atoms with Gasteiger partial charge in [0, 0.05) is 6.54 Å². The Labute approximate surface area is 210 Å². The molecule has 2 aliphatic heterocycles. The van der Waals surface area contributed by atoms with Gasteiger partial charge in [-0.1, -0.05) is 72.8 Å². The Hall–Kier alpha value is -3.68. The number of nitrogens with one attached hydrogen (secondary N) is 1. The summed E-state index contributed by atoms with van der Waals surface area (Å²) in [5.41, 5.74) is 2.93. The van der Waals surface area contributed by atoms with Crippen molar-refractivity contribution in [3.63, 3.8) is 0 Å². The molecular formula is C29H30N2O5. The number of urea groups is 1. The fraction of sp³-hybridized carbons (Fsp3) is 0.310. The molecular weight excluding hydrogens is 456 g/mol. The Bertz CT molecular complexity index is 1230. The molecule has 4 atom stereocenters. The molecule has 2 amide bonds. The molecule has 3 aromatic rings. The van der Waals surface area contributed by atoms with Crippen LogP contribution in [-0.2, 0) is 22.4 Å². The van der Waals surface area contributed by atoms with Crippen LogP contribution in [0.4, 0.5) is 4.79 Å². The van der Waals surface area contributed by atoms with Crippen LogP contribution in [0.2, 0.25) is 0 Å². The number of nitrogens with zero attached hydrogens (tertiary/aromatic N) is 1. The summed E-state index contributed by atoms with van der Waals surface area (Å²) in [6.07, 6.45) is -0.253. The molecule has 2 N–H and O–H groups in total. The van der Waals surface area contributed by atoms with E-state index in [1.807, 2.05) is 80.6 Å². The number of carbonyl (C=O) groups is 2. The van der Waals surface area contributed by atoms with E-state index in [1.54, 1.807) is 23.1 Å². The lowest BCUT2D eigenvalue weighted by atomic mass is 9.91. The van der Waals surface area contributed by atoms with Crippen molar-refractivity contribution in [1.29, 1.82) is 0 Å². The van der Waals surface area contributed by atoms with Gasteiger partial charge in [0.15, 0.2) is 5.79 Å². The number of hydrogen-bond donors (Lipinski definition) is 2. The summed E-state index contributed by atoms with van der Waals surface area (Å²) in [7, 11) is 0. The van der Waals surface area contributed by atoms with Gasteiger partial charge in [-0.2, -0.15) is 0 Å². The Morgan fingerprint density at radius 3 is 2.25 bits per heavy atom. The number of ether oxygens (including phenoxy) is 2. The van der Waals surface area contributed by atoms with Crippen molar-refractivity contribution in [2.75, 3.05) is 0 Å².